The third kappa shape index (κ3) is 4.47. The van der Waals surface area contributed by atoms with E-state index in [0.29, 0.717) is 5.56 Å². The van der Waals surface area contributed by atoms with E-state index >= 15 is 0 Å². The van der Waals surface area contributed by atoms with Crippen LogP contribution < -0.4 is 5.32 Å². The largest absolute Gasteiger partial charge is 0.510 e. The zero-order valence-corrected chi connectivity index (χ0v) is 13.2. The first kappa shape index (κ1) is 18.0. The molecule has 8 nitrogen and oxygen atoms in total. The number of nitrogens with zero attached hydrogens (tertiary/aromatic N) is 2. The zero-order chi connectivity index (χ0) is 17.6. The van der Waals surface area contributed by atoms with E-state index in [1.807, 2.05) is 0 Å². The summed E-state index contributed by atoms with van der Waals surface area (Å²) in [5.74, 6) is -1.87. The number of likely N-dealkylation sites (N-methyl/N-ethyl adjacent to an activating group) is 1. The molecule has 0 radical (unpaired) electrons. The number of amides is 1. The molecule has 0 bridgehead atoms. The number of benzene rings is 1. The summed E-state index contributed by atoms with van der Waals surface area (Å²) in [7, 11) is 2.58. The Morgan fingerprint density at radius 1 is 1.22 bits per heavy atom. The number of ether oxygens (including phenoxy) is 1. The number of esters is 1. The maximum absolute atomic E-state index is 11.7. The van der Waals surface area contributed by atoms with Crippen molar-refractivity contribution in [2.24, 2.45) is 10.2 Å². The van der Waals surface area contributed by atoms with E-state index in [1.54, 1.807) is 0 Å². The van der Waals surface area contributed by atoms with Crippen LogP contribution in [0.2, 0.25) is 0 Å². The van der Waals surface area contributed by atoms with Gasteiger partial charge in [0.05, 0.1) is 12.7 Å². The number of methoxy groups -OCH3 is 1. The number of nitrogens with one attached hydrogen (secondary N) is 1. The molecule has 0 aliphatic heterocycles. The van der Waals surface area contributed by atoms with Gasteiger partial charge in [0.15, 0.2) is 11.5 Å². The lowest BCUT2D eigenvalue weighted by Gasteiger charge is -2.05. The normalized spacial score (nSPS) is 11.8. The maximum Gasteiger partial charge on any atom is 0.340 e. The van der Waals surface area contributed by atoms with Crippen LogP contribution in [0.3, 0.4) is 0 Å². The van der Waals surface area contributed by atoms with Crippen molar-refractivity contribution in [1.29, 1.82) is 0 Å². The van der Waals surface area contributed by atoms with Crippen LogP contribution in [-0.4, -0.2) is 36.9 Å². The van der Waals surface area contributed by atoms with Gasteiger partial charge in [-0.15, -0.1) is 10.2 Å². The van der Waals surface area contributed by atoms with E-state index in [1.165, 1.54) is 46.2 Å². The van der Waals surface area contributed by atoms with Gasteiger partial charge in [-0.1, -0.05) is 6.07 Å². The lowest BCUT2D eigenvalue weighted by Crippen LogP contribution is -2.20. The molecule has 122 valence electrons. The Hall–Kier alpha value is -3.03. The molecular formula is C15H17N3O5. The fourth-order valence-electron chi connectivity index (χ4n) is 1.62. The first-order valence-corrected chi connectivity index (χ1v) is 6.58. The average molecular weight is 319 g/mol. The summed E-state index contributed by atoms with van der Waals surface area (Å²) in [5, 5.41) is 19.3. The number of aliphatic hydroxyl groups is 1. The molecule has 0 aliphatic rings. The van der Waals surface area contributed by atoms with Crippen molar-refractivity contribution in [3.05, 3.63) is 40.8 Å². The Bertz CT molecular complexity index is 703. The molecule has 0 atom stereocenters. The Morgan fingerprint density at radius 3 is 2.35 bits per heavy atom. The van der Waals surface area contributed by atoms with Gasteiger partial charge in [-0.25, -0.2) is 4.79 Å². The molecule has 8 heteroatoms. The molecule has 0 heterocycles. The number of hydrogen-bond donors (Lipinski definition) is 2. The van der Waals surface area contributed by atoms with Gasteiger partial charge in [-0.2, -0.15) is 0 Å². The van der Waals surface area contributed by atoms with Gasteiger partial charge >= 0.3 is 5.97 Å². The molecular weight excluding hydrogens is 302 g/mol. The minimum absolute atomic E-state index is 0.0483. The fourth-order valence-corrected chi connectivity index (χ4v) is 1.62. The molecule has 1 amide bonds. The van der Waals surface area contributed by atoms with E-state index in [0.717, 1.165) is 0 Å². The Kier molecular flexibility index (Phi) is 6.13. The van der Waals surface area contributed by atoms with Gasteiger partial charge < -0.3 is 15.2 Å². The molecule has 0 saturated heterocycles. The van der Waals surface area contributed by atoms with Crippen LogP contribution in [0.15, 0.2) is 39.9 Å². The minimum Gasteiger partial charge on any atom is -0.510 e. The third-order valence-electron chi connectivity index (χ3n) is 2.85. The summed E-state index contributed by atoms with van der Waals surface area (Å²) in [6.07, 6.45) is 0. The van der Waals surface area contributed by atoms with Crippen LogP contribution in [0.5, 0.6) is 0 Å². The van der Waals surface area contributed by atoms with Crippen molar-refractivity contribution in [2.45, 2.75) is 13.8 Å². The molecule has 2 N–H and O–H groups in total. The highest BCUT2D eigenvalue weighted by Crippen LogP contribution is 2.24. The lowest BCUT2D eigenvalue weighted by atomic mass is 10.1. The van der Waals surface area contributed by atoms with Crippen molar-refractivity contribution < 1.29 is 24.2 Å². The predicted octanol–water partition coefficient (Wildman–Crippen LogP) is 2.29. The second-order valence-corrected chi connectivity index (χ2v) is 4.49. The smallest absolute Gasteiger partial charge is 0.340 e. The average Bonchev–Trinajstić information content (AvgIpc) is 2.53. The van der Waals surface area contributed by atoms with E-state index in [9.17, 15) is 19.5 Å². The van der Waals surface area contributed by atoms with Crippen LogP contribution in [0.4, 0.5) is 5.69 Å². The molecule has 0 fully saturated rings. The second-order valence-electron chi connectivity index (χ2n) is 4.49. The van der Waals surface area contributed by atoms with Gasteiger partial charge in [-0.3, -0.25) is 9.59 Å². The SMILES string of the molecule is CNC(=O)C(N=Nc1cc(C(C)=O)ccc1C(=O)OC)=C(C)O. The van der Waals surface area contributed by atoms with Gasteiger partial charge in [0.25, 0.3) is 5.91 Å². The second kappa shape index (κ2) is 7.83. The summed E-state index contributed by atoms with van der Waals surface area (Å²) in [6.45, 7) is 2.64. The molecule has 0 aromatic heterocycles. The number of carbonyl (C=O) groups excluding carboxylic acids is 3. The Morgan fingerprint density at radius 2 is 1.87 bits per heavy atom. The highest BCUT2D eigenvalue weighted by atomic mass is 16.5. The molecule has 0 aliphatic carbocycles. The lowest BCUT2D eigenvalue weighted by molar-refractivity contribution is -0.117. The summed E-state index contributed by atoms with van der Waals surface area (Å²) < 4.78 is 4.63. The van der Waals surface area contributed by atoms with Crippen LogP contribution in [0, 0.1) is 0 Å². The van der Waals surface area contributed by atoms with E-state index in [2.05, 4.69) is 20.3 Å². The highest BCUT2D eigenvalue weighted by Gasteiger charge is 2.15. The van der Waals surface area contributed by atoms with Crippen LogP contribution in [0.1, 0.15) is 34.6 Å². The first-order chi connectivity index (χ1) is 10.8. The number of allylic oxidation sites excluding steroid dienone is 1. The van der Waals surface area contributed by atoms with Crippen LogP contribution in [0.25, 0.3) is 0 Å². The monoisotopic (exact) mass is 319 g/mol. The maximum atomic E-state index is 11.7. The number of rotatable bonds is 5. The molecule has 1 rings (SSSR count). The molecule has 0 unspecified atom stereocenters. The van der Waals surface area contributed by atoms with Gasteiger partial charge in [0.1, 0.15) is 11.4 Å². The van der Waals surface area contributed by atoms with Gasteiger partial charge in [0.2, 0.25) is 0 Å². The summed E-state index contributed by atoms with van der Waals surface area (Å²) in [5.41, 5.74) is 0.134. The number of aliphatic hydroxyl groups excluding tert-OH is 1. The molecule has 1 aromatic carbocycles. The molecule has 1 aromatic rings. The Labute approximate surface area is 132 Å². The number of carbonyl (C=O) groups is 3. The predicted molar refractivity (Wildman–Crippen MR) is 81.7 cm³/mol. The molecule has 0 saturated carbocycles. The molecule has 0 spiro atoms. The summed E-state index contributed by atoms with van der Waals surface area (Å²) in [4.78, 5) is 34.8. The molecule has 23 heavy (non-hydrogen) atoms. The summed E-state index contributed by atoms with van der Waals surface area (Å²) >= 11 is 0. The summed E-state index contributed by atoms with van der Waals surface area (Å²) in [6, 6.07) is 4.19. The van der Waals surface area contributed by atoms with Crippen molar-refractivity contribution >= 4 is 23.3 Å². The van der Waals surface area contributed by atoms with E-state index in [4.69, 9.17) is 0 Å². The van der Waals surface area contributed by atoms with Crippen LogP contribution in [-0.2, 0) is 9.53 Å². The Balaban J connectivity index is 3.39. The van der Waals surface area contributed by atoms with Crippen molar-refractivity contribution in [3.8, 4) is 0 Å². The number of hydrogen-bond acceptors (Lipinski definition) is 7. The van der Waals surface area contributed by atoms with E-state index in [-0.39, 0.29) is 28.5 Å². The topological polar surface area (TPSA) is 117 Å². The van der Waals surface area contributed by atoms with Crippen LogP contribution >= 0.6 is 0 Å². The van der Waals surface area contributed by atoms with Crippen molar-refractivity contribution in [3.63, 3.8) is 0 Å². The third-order valence-corrected chi connectivity index (χ3v) is 2.85. The van der Waals surface area contributed by atoms with Crippen molar-refractivity contribution in [2.75, 3.05) is 14.2 Å². The van der Waals surface area contributed by atoms with E-state index < -0.39 is 11.9 Å². The fraction of sp³-hybridized carbons (Fsp3) is 0.267. The zero-order valence-electron chi connectivity index (χ0n) is 13.2. The van der Waals surface area contributed by atoms with Gasteiger partial charge in [-0.05, 0) is 26.0 Å². The minimum atomic E-state index is -0.666. The standard InChI is InChI=1S/C15H17N3O5/c1-8(19)10-5-6-11(15(22)23-4)12(7-10)17-18-13(9(2)20)14(21)16-3/h5-7,20H,1-4H3,(H,16,21). The van der Waals surface area contributed by atoms with Gasteiger partial charge in [0, 0.05) is 12.6 Å². The number of ketones is 1. The first-order valence-electron chi connectivity index (χ1n) is 6.58. The van der Waals surface area contributed by atoms with Crippen molar-refractivity contribution in [1.82, 2.24) is 5.32 Å². The quantitative estimate of drug-likeness (QED) is 0.284. The highest BCUT2D eigenvalue weighted by molar-refractivity contribution is 5.99. The number of Topliss-reactive ketones (excluding diaryl/α,β-unsaturated/α-hetero) is 1. The number of azo groups is 1.